The van der Waals surface area contributed by atoms with E-state index in [1.165, 1.54) is 31.4 Å². The summed E-state index contributed by atoms with van der Waals surface area (Å²) in [6.07, 6.45) is 7.01. The number of hydrogen-bond acceptors (Lipinski definition) is 2. The van der Waals surface area contributed by atoms with Crippen LogP contribution in [0.2, 0.25) is 0 Å². The van der Waals surface area contributed by atoms with Crippen LogP contribution in [0.4, 0.5) is 5.69 Å². The summed E-state index contributed by atoms with van der Waals surface area (Å²) in [7, 11) is 1.97. The molecule has 0 aromatic carbocycles. The lowest BCUT2D eigenvalue weighted by Crippen LogP contribution is -2.19. The highest BCUT2D eigenvalue weighted by atomic mass is 15.3. The third-order valence-electron chi connectivity index (χ3n) is 2.65. The summed E-state index contributed by atoms with van der Waals surface area (Å²) < 4.78 is 1.87. The molecule has 0 amide bonds. The zero-order valence-corrected chi connectivity index (χ0v) is 10.4. The van der Waals surface area contributed by atoms with Gasteiger partial charge in [-0.05, 0) is 19.8 Å². The molecule has 1 rings (SSSR count). The van der Waals surface area contributed by atoms with Crippen LogP contribution in [0.3, 0.4) is 0 Å². The summed E-state index contributed by atoms with van der Waals surface area (Å²) in [6, 6.07) is 0.600. The van der Waals surface area contributed by atoms with E-state index in [0.29, 0.717) is 6.04 Å². The van der Waals surface area contributed by atoms with Gasteiger partial charge in [-0.1, -0.05) is 26.7 Å². The molecule has 3 heteroatoms. The van der Waals surface area contributed by atoms with E-state index in [4.69, 9.17) is 0 Å². The van der Waals surface area contributed by atoms with Gasteiger partial charge < -0.3 is 5.32 Å². The molecule has 1 N–H and O–H groups in total. The largest absolute Gasteiger partial charge is 0.380 e. The molecule has 0 unspecified atom stereocenters. The van der Waals surface area contributed by atoms with Gasteiger partial charge in [0.25, 0.3) is 0 Å². The lowest BCUT2D eigenvalue weighted by molar-refractivity contribution is 0.586. The maximum atomic E-state index is 4.34. The first-order valence-corrected chi connectivity index (χ1v) is 5.94. The lowest BCUT2D eigenvalue weighted by Gasteiger charge is -2.17. The standard InChI is InChI=1S/C12H23N3/c1-5-7-11(8-6-2)13-12-9-15(4)14-10(12)3/h9,11,13H,5-8H2,1-4H3. The van der Waals surface area contributed by atoms with E-state index in [2.05, 4.69) is 37.4 Å². The Morgan fingerprint density at radius 3 is 2.33 bits per heavy atom. The normalized spacial score (nSPS) is 11.0. The first-order chi connectivity index (χ1) is 7.17. The number of aryl methyl sites for hydroxylation is 2. The quantitative estimate of drug-likeness (QED) is 0.780. The molecule has 0 aliphatic heterocycles. The van der Waals surface area contributed by atoms with E-state index >= 15 is 0 Å². The van der Waals surface area contributed by atoms with Gasteiger partial charge in [-0.25, -0.2) is 0 Å². The van der Waals surface area contributed by atoms with Gasteiger partial charge in [-0.2, -0.15) is 5.10 Å². The maximum absolute atomic E-state index is 4.34. The smallest absolute Gasteiger partial charge is 0.0825 e. The molecule has 0 saturated carbocycles. The molecular formula is C12H23N3. The Labute approximate surface area is 92.9 Å². The van der Waals surface area contributed by atoms with Crippen molar-refractivity contribution in [1.29, 1.82) is 0 Å². The number of anilines is 1. The Morgan fingerprint density at radius 2 is 1.93 bits per heavy atom. The van der Waals surface area contributed by atoms with Crippen molar-refractivity contribution >= 4 is 5.69 Å². The summed E-state index contributed by atoms with van der Waals surface area (Å²) in [4.78, 5) is 0. The molecule has 0 fully saturated rings. The minimum atomic E-state index is 0.600. The molecule has 1 aromatic rings. The maximum Gasteiger partial charge on any atom is 0.0825 e. The number of nitrogens with one attached hydrogen (secondary N) is 1. The number of hydrogen-bond donors (Lipinski definition) is 1. The Kier molecular flexibility index (Phi) is 4.66. The molecule has 0 saturated heterocycles. The minimum Gasteiger partial charge on any atom is -0.380 e. The highest BCUT2D eigenvalue weighted by molar-refractivity contribution is 5.46. The van der Waals surface area contributed by atoms with Gasteiger partial charge in [0.2, 0.25) is 0 Å². The van der Waals surface area contributed by atoms with Crippen molar-refractivity contribution in [3.8, 4) is 0 Å². The van der Waals surface area contributed by atoms with E-state index in [1.807, 2.05) is 11.7 Å². The third kappa shape index (κ3) is 3.57. The van der Waals surface area contributed by atoms with Crippen molar-refractivity contribution in [2.75, 3.05) is 5.32 Å². The summed E-state index contributed by atoms with van der Waals surface area (Å²) in [5, 5.41) is 7.93. The van der Waals surface area contributed by atoms with Crippen molar-refractivity contribution in [3.63, 3.8) is 0 Å². The average molecular weight is 209 g/mol. The van der Waals surface area contributed by atoms with Crippen LogP contribution in [-0.2, 0) is 7.05 Å². The van der Waals surface area contributed by atoms with Crippen molar-refractivity contribution in [2.45, 2.75) is 52.5 Å². The first-order valence-electron chi connectivity index (χ1n) is 5.94. The van der Waals surface area contributed by atoms with E-state index in [9.17, 15) is 0 Å². The Hall–Kier alpha value is -0.990. The summed E-state index contributed by atoms with van der Waals surface area (Å²) in [5.41, 5.74) is 2.28. The highest BCUT2D eigenvalue weighted by Gasteiger charge is 2.09. The second kappa shape index (κ2) is 5.79. The SMILES string of the molecule is CCCC(CCC)Nc1cn(C)nc1C. The van der Waals surface area contributed by atoms with E-state index < -0.39 is 0 Å². The van der Waals surface area contributed by atoms with Gasteiger partial charge >= 0.3 is 0 Å². The Balaban J connectivity index is 2.60. The van der Waals surface area contributed by atoms with Gasteiger partial charge in [0.05, 0.1) is 11.4 Å². The van der Waals surface area contributed by atoms with Gasteiger partial charge in [0.15, 0.2) is 0 Å². The zero-order valence-electron chi connectivity index (χ0n) is 10.4. The van der Waals surface area contributed by atoms with E-state index in [1.54, 1.807) is 0 Å². The Bertz CT molecular complexity index is 285. The van der Waals surface area contributed by atoms with Crippen LogP contribution in [0.25, 0.3) is 0 Å². The molecule has 0 aliphatic rings. The number of nitrogens with zero attached hydrogens (tertiary/aromatic N) is 2. The zero-order chi connectivity index (χ0) is 11.3. The predicted octanol–water partition coefficient (Wildman–Crippen LogP) is 3.11. The summed E-state index contributed by atoms with van der Waals surface area (Å²) in [5.74, 6) is 0. The van der Waals surface area contributed by atoms with Crippen LogP contribution >= 0.6 is 0 Å². The highest BCUT2D eigenvalue weighted by Crippen LogP contribution is 2.16. The fourth-order valence-corrected chi connectivity index (χ4v) is 1.95. The topological polar surface area (TPSA) is 29.9 Å². The van der Waals surface area contributed by atoms with Gasteiger partial charge in [0.1, 0.15) is 0 Å². The fourth-order valence-electron chi connectivity index (χ4n) is 1.95. The van der Waals surface area contributed by atoms with Crippen LogP contribution in [0.1, 0.15) is 45.2 Å². The molecule has 0 atom stereocenters. The summed E-state index contributed by atoms with van der Waals surface area (Å²) >= 11 is 0. The molecule has 15 heavy (non-hydrogen) atoms. The van der Waals surface area contributed by atoms with Crippen molar-refractivity contribution in [3.05, 3.63) is 11.9 Å². The van der Waals surface area contributed by atoms with Gasteiger partial charge in [-0.3, -0.25) is 4.68 Å². The second-order valence-corrected chi connectivity index (χ2v) is 4.22. The van der Waals surface area contributed by atoms with Crippen LogP contribution < -0.4 is 5.32 Å². The summed E-state index contributed by atoms with van der Waals surface area (Å²) in [6.45, 7) is 6.53. The molecule has 86 valence electrons. The molecule has 0 bridgehead atoms. The van der Waals surface area contributed by atoms with Crippen LogP contribution in [0, 0.1) is 6.92 Å². The fraction of sp³-hybridized carbons (Fsp3) is 0.750. The molecule has 0 radical (unpaired) electrons. The van der Waals surface area contributed by atoms with Crippen molar-refractivity contribution in [1.82, 2.24) is 9.78 Å². The number of aromatic nitrogens is 2. The molecule has 1 heterocycles. The van der Waals surface area contributed by atoms with Crippen molar-refractivity contribution < 1.29 is 0 Å². The Morgan fingerprint density at radius 1 is 1.33 bits per heavy atom. The van der Waals surface area contributed by atoms with Gasteiger partial charge in [-0.15, -0.1) is 0 Å². The van der Waals surface area contributed by atoms with Crippen LogP contribution in [0.5, 0.6) is 0 Å². The van der Waals surface area contributed by atoms with E-state index in [-0.39, 0.29) is 0 Å². The van der Waals surface area contributed by atoms with Gasteiger partial charge in [0, 0.05) is 19.3 Å². The minimum absolute atomic E-state index is 0.600. The van der Waals surface area contributed by atoms with E-state index in [0.717, 1.165) is 5.69 Å². The predicted molar refractivity (Wildman–Crippen MR) is 65.2 cm³/mol. The molecule has 3 nitrogen and oxygen atoms in total. The van der Waals surface area contributed by atoms with Crippen molar-refractivity contribution in [2.24, 2.45) is 7.05 Å². The molecule has 0 aliphatic carbocycles. The molecular weight excluding hydrogens is 186 g/mol. The van der Waals surface area contributed by atoms with Crippen LogP contribution in [-0.4, -0.2) is 15.8 Å². The van der Waals surface area contributed by atoms with Crippen LogP contribution in [0.15, 0.2) is 6.20 Å². The second-order valence-electron chi connectivity index (χ2n) is 4.22. The monoisotopic (exact) mass is 209 g/mol. The molecule has 1 aromatic heterocycles. The lowest BCUT2D eigenvalue weighted by atomic mass is 10.1. The molecule has 0 spiro atoms. The average Bonchev–Trinajstić information content (AvgIpc) is 2.46. The number of rotatable bonds is 6. The first kappa shape index (κ1) is 12.1. The third-order valence-corrected chi connectivity index (χ3v) is 2.65.